The van der Waals surface area contributed by atoms with Gasteiger partial charge in [0.05, 0.1) is 5.16 Å². The zero-order chi connectivity index (χ0) is 41.2. The van der Waals surface area contributed by atoms with E-state index in [0.29, 0.717) is 16.9 Å². The third kappa shape index (κ3) is 18.2. The van der Waals surface area contributed by atoms with Gasteiger partial charge >= 0.3 is 0 Å². The molecule has 0 atom stereocenters. The highest BCUT2D eigenvalue weighted by molar-refractivity contribution is 7.80. The Kier molecular flexibility index (Phi) is 24.8. The van der Waals surface area contributed by atoms with Crippen LogP contribution >= 0.6 is 36.7 Å². The molecule has 5 rings (SSSR count). The number of hydrogen-bond acceptors (Lipinski definition) is 9. The lowest BCUT2D eigenvalue weighted by Crippen LogP contribution is -2.34. The molecule has 0 aliphatic heterocycles. The van der Waals surface area contributed by atoms with Crippen molar-refractivity contribution in [1.29, 1.82) is 0 Å². The van der Waals surface area contributed by atoms with E-state index < -0.39 is 0 Å². The molecule has 0 aliphatic carbocycles. The number of nitrogen functional groups attached to an aromatic ring is 1. The van der Waals surface area contributed by atoms with Gasteiger partial charge in [-0.2, -0.15) is 4.99 Å². The fraction of sp³-hybridized carbons (Fsp3) is 0.205. The summed E-state index contributed by atoms with van der Waals surface area (Å²) < 4.78 is 0. The van der Waals surface area contributed by atoms with Crippen molar-refractivity contribution >= 4 is 80.9 Å². The molecule has 0 heterocycles. The average Bonchev–Trinajstić information content (AvgIpc) is 3.13. The highest BCUT2D eigenvalue weighted by Crippen LogP contribution is 2.26. The molecule has 0 radical (unpaired) electrons. The summed E-state index contributed by atoms with van der Waals surface area (Å²) >= 11 is 14.2. The van der Waals surface area contributed by atoms with Crippen LogP contribution in [0.25, 0.3) is 0 Å². The first-order valence-electron chi connectivity index (χ1n) is 16.5. The standard InChI is InChI=1S/C16H16N2O2S.C9H12N2OS.C8H5NOS.C8H11NO.3CH4/c1-10-9-14(19)11(2)8-13(10)17-16(21)18-15(20)12-6-4-3-5-7-12;1-5-4-8(12)6(2)3-7(5)11-9(10)13;10-8(9-6-11)7-4-2-1-3-5-7;1-5-4-8(10)6(2)3-7(5)9;;;/h3-9,19H,1-2H3,(H2,17,18,20,21);3-4,12H,1-2H3,(H3,10,11,13);1-5H;3-4,10H,9H2,1-2H3;3*1H4. The molecule has 0 aliphatic rings. The molecule has 0 unspecified atom stereocenters. The molecule has 0 spiro atoms. The normalized spacial score (nSPS) is 9.07. The Labute approximate surface area is 359 Å². The summed E-state index contributed by atoms with van der Waals surface area (Å²) in [5.74, 6) is 0.219. The van der Waals surface area contributed by atoms with E-state index in [9.17, 15) is 19.8 Å². The number of hydrogen-bond donors (Lipinski definition) is 8. The maximum Gasteiger partial charge on any atom is 0.285 e. The zero-order valence-electron chi connectivity index (χ0n) is 31.2. The van der Waals surface area contributed by atoms with Crippen LogP contribution in [-0.2, 0) is 0 Å². The number of isothiocyanates is 1. The molecule has 14 heteroatoms. The lowest BCUT2D eigenvalue weighted by atomic mass is 10.1. The fourth-order valence-electron chi connectivity index (χ4n) is 4.43. The molecular weight excluding hydrogens is 789 g/mol. The van der Waals surface area contributed by atoms with E-state index in [4.69, 9.17) is 41.0 Å². The number of nitrogens with two attached hydrogens (primary N) is 2. The van der Waals surface area contributed by atoms with Crippen molar-refractivity contribution in [3.8, 4) is 17.2 Å². The summed E-state index contributed by atoms with van der Waals surface area (Å²) in [6, 6.07) is 27.9. The van der Waals surface area contributed by atoms with E-state index in [2.05, 4.69) is 33.2 Å². The van der Waals surface area contributed by atoms with Crippen LogP contribution in [0.4, 0.5) is 17.1 Å². The summed E-state index contributed by atoms with van der Waals surface area (Å²) in [5.41, 5.74) is 19.3. The minimum atomic E-state index is -0.347. The van der Waals surface area contributed by atoms with Crippen molar-refractivity contribution in [1.82, 2.24) is 5.32 Å². The summed E-state index contributed by atoms with van der Waals surface area (Å²) in [6.07, 6.45) is 0. The summed E-state index contributed by atoms with van der Waals surface area (Å²) in [5, 5.41) is 39.1. The number of amides is 2. The maximum atomic E-state index is 12.0. The molecule has 0 fully saturated rings. The van der Waals surface area contributed by atoms with Crippen LogP contribution in [0.5, 0.6) is 17.2 Å². The molecule has 10 N–H and O–H groups in total. The van der Waals surface area contributed by atoms with Gasteiger partial charge in [-0.25, -0.2) is 0 Å². The second-order valence-corrected chi connectivity index (χ2v) is 13.1. The lowest BCUT2D eigenvalue weighted by molar-refractivity contribution is 0.0975. The minimum Gasteiger partial charge on any atom is -0.508 e. The van der Waals surface area contributed by atoms with Crippen LogP contribution in [0, 0.1) is 41.5 Å². The van der Waals surface area contributed by atoms with Crippen molar-refractivity contribution in [3.63, 3.8) is 0 Å². The number of phenols is 3. The third-order valence-corrected chi connectivity index (χ3v) is 8.00. The number of rotatable bonds is 4. The van der Waals surface area contributed by atoms with Crippen LogP contribution in [0.1, 0.15) is 76.4 Å². The van der Waals surface area contributed by atoms with E-state index in [1.165, 1.54) is 0 Å². The molecule has 310 valence electrons. The number of aryl methyl sites for hydroxylation is 6. The third-order valence-electron chi connectivity index (χ3n) is 7.61. The molecule has 0 saturated heterocycles. The van der Waals surface area contributed by atoms with Gasteiger partial charge in [-0.05, 0) is 172 Å². The van der Waals surface area contributed by atoms with E-state index in [0.717, 1.165) is 50.4 Å². The molecular formula is C44H56N6O5S3. The number of nitrogens with zero attached hydrogens (tertiary/aromatic N) is 1. The molecule has 58 heavy (non-hydrogen) atoms. The first kappa shape index (κ1) is 53.9. The van der Waals surface area contributed by atoms with E-state index >= 15 is 0 Å². The minimum absolute atomic E-state index is 0. The molecule has 0 saturated carbocycles. The Bertz CT molecular complexity index is 2140. The quantitative estimate of drug-likeness (QED) is 0.0370. The molecule has 0 aromatic heterocycles. The summed E-state index contributed by atoms with van der Waals surface area (Å²) in [6.45, 7) is 11.0. The number of benzene rings is 5. The van der Waals surface area contributed by atoms with Crippen LogP contribution in [0.15, 0.2) is 102 Å². The van der Waals surface area contributed by atoms with Crippen molar-refractivity contribution in [2.45, 2.75) is 63.8 Å². The highest BCUT2D eigenvalue weighted by atomic mass is 32.1. The maximum absolute atomic E-state index is 12.0. The predicted molar refractivity (Wildman–Crippen MR) is 254 cm³/mol. The average molecular weight is 845 g/mol. The molecule has 2 amide bonds. The Balaban J connectivity index is 0. The monoisotopic (exact) mass is 844 g/mol. The smallest absolute Gasteiger partial charge is 0.285 e. The van der Waals surface area contributed by atoms with Gasteiger partial charge in [0.2, 0.25) is 0 Å². The zero-order valence-corrected chi connectivity index (χ0v) is 33.7. The number of nitrogens with one attached hydrogen (secondary N) is 3. The number of anilines is 3. The van der Waals surface area contributed by atoms with Crippen molar-refractivity contribution in [2.24, 2.45) is 10.7 Å². The second-order valence-electron chi connectivity index (χ2n) is 12.0. The molecule has 0 bridgehead atoms. The number of aromatic hydroxyl groups is 3. The first-order valence-corrected chi connectivity index (χ1v) is 17.7. The van der Waals surface area contributed by atoms with Gasteiger partial charge in [0, 0.05) is 28.2 Å². The number of carbonyl (C=O) groups is 2. The van der Waals surface area contributed by atoms with Crippen LogP contribution < -0.4 is 27.4 Å². The van der Waals surface area contributed by atoms with Crippen LogP contribution in [-0.4, -0.2) is 42.5 Å². The number of phenolic OH excluding ortho intramolecular Hbond substituents is 3. The van der Waals surface area contributed by atoms with Gasteiger partial charge in [-0.15, -0.1) is 0 Å². The number of carbonyl (C=O) groups excluding carboxylic acids is 2. The largest absolute Gasteiger partial charge is 0.508 e. The molecule has 5 aromatic rings. The Hall–Kier alpha value is -6.18. The SMILES string of the molecule is C.C.C.Cc1cc(NC(=S)NC(=O)c2ccccc2)c(C)cc1O.Cc1cc(NC(N)=S)c(C)cc1O.Cc1cc(O)c(C)cc1N.O=C(N=C=S)c1ccccc1. The first-order chi connectivity index (χ1) is 25.9. The van der Waals surface area contributed by atoms with Crippen LogP contribution in [0.3, 0.4) is 0 Å². The van der Waals surface area contributed by atoms with Crippen molar-refractivity contribution in [2.75, 3.05) is 16.4 Å². The van der Waals surface area contributed by atoms with Crippen molar-refractivity contribution < 1.29 is 24.9 Å². The van der Waals surface area contributed by atoms with Gasteiger partial charge in [0.1, 0.15) is 17.2 Å². The fourth-order valence-corrected chi connectivity index (χ4v) is 4.83. The van der Waals surface area contributed by atoms with E-state index in [1.807, 2.05) is 58.0 Å². The van der Waals surface area contributed by atoms with Gasteiger partial charge in [0.15, 0.2) is 10.2 Å². The topological polar surface area (TPSA) is 195 Å². The van der Waals surface area contributed by atoms with Gasteiger partial charge in [0.25, 0.3) is 11.8 Å². The molecule has 5 aromatic carbocycles. The van der Waals surface area contributed by atoms with Crippen LogP contribution in [0.2, 0.25) is 0 Å². The summed E-state index contributed by atoms with van der Waals surface area (Å²) in [7, 11) is 0. The van der Waals surface area contributed by atoms with E-state index in [-0.39, 0.29) is 55.8 Å². The summed E-state index contributed by atoms with van der Waals surface area (Å²) in [4.78, 5) is 26.2. The van der Waals surface area contributed by atoms with E-state index in [1.54, 1.807) is 85.8 Å². The van der Waals surface area contributed by atoms with Gasteiger partial charge in [-0.1, -0.05) is 58.7 Å². The molecule has 11 nitrogen and oxygen atoms in total. The van der Waals surface area contributed by atoms with Gasteiger partial charge < -0.3 is 37.4 Å². The number of thiocarbonyl (C=S) groups is 3. The van der Waals surface area contributed by atoms with Crippen molar-refractivity contribution in [3.05, 3.63) is 142 Å². The highest BCUT2D eigenvalue weighted by Gasteiger charge is 2.10. The predicted octanol–water partition coefficient (Wildman–Crippen LogP) is 10.2. The lowest BCUT2D eigenvalue weighted by Gasteiger charge is -2.13. The second kappa shape index (κ2) is 26.6. The Morgan fingerprint density at radius 2 is 1.00 bits per heavy atom. The Morgan fingerprint density at radius 3 is 1.41 bits per heavy atom. The number of aliphatic imine (C=N–C) groups is 1. The Morgan fingerprint density at radius 1 is 0.603 bits per heavy atom. The van der Waals surface area contributed by atoms with Gasteiger partial charge in [-0.3, -0.25) is 14.9 Å².